The summed E-state index contributed by atoms with van der Waals surface area (Å²) in [5, 5.41) is 0. The molecular formula is C15H22FNO2. The van der Waals surface area contributed by atoms with Gasteiger partial charge in [-0.15, -0.1) is 0 Å². The fourth-order valence-corrected chi connectivity index (χ4v) is 2.19. The van der Waals surface area contributed by atoms with E-state index in [1.54, 1.807) is 13.0 Å². The minimum absolute atomic E-state index is 0.193. The van der Waals surface area contributed by atoms with Crippen molar-refractivity contribution in [2.24, 2.45) is 5.41 Å². The molecule has 1 aromatic rings. The first kappa shape index (κ1) is 15.6. The molecule has 0 atom stereocenters. The van der Waals surface area contributed by atoms with E-state index in [0.29, 0.717) is 18.7 Å². The van der Waals surface area contributed by atoms with E-state index in [2.05, 4.69) is 0 Å². The summed E-state index contributed by atoms with van der Waals surface area (Å²) >= 11 is 0. The lowest BCUT2D eigenvalue weighted by atomic mass is 9.93. The van der Waals surface area contributed by atoms with Crippen LogP contribution in [-0.4, -0.2) is 31.6 Å². The first-order valence-electron chi connectivity index (χ1n) is 6.28. The Hall–Kier alpha value is -1.42. The second-order valence-corrected chi connectivity index (χ2v) is 5.63. The van der Waals surface area contributed by atoms with Crippen LogP contribution in [0.4, 0.5) is 4.39 Å². The molecule has 0 heterocycles. The number of ether oxygens (including phenoxy) is 1. The Bertz CT molecular complexity index is 457. The van der Waals surface area contributed by atoms with Crippen molar-refractivity contribution in [3.63, 3.8) is 0 Å². The Morgan fingerprint density at radius 1 is 1.42 bits per heavy atom. The zero-order valence-corrected chi connectivity index (χ0v) is 12.3. The predicted octanol–water partition coefficient (Wildman–Crippen LogP) is 2.77. The van der Waals surface area contributed by atoms with E-state index >= 15 is 0 Å². The number of esters is 1. The van der Waals surface area contributed by atoms with Crippen molar-refractivity contribution in [2.45, 2.75) is 27.3 Å². The number of hydrogen-bond acceptors (Lipinski definition) is 3. The van der Waals surface area contributed by atoms with E-state index in [0.717, 1.165) is 5.56 Å². The number of hydrogen-bond donors (Lipinski definition) is 0. The summed E-state index contributed by atoms with van der Waals surface area (Å²) in [6, 6.07) is 5.07. The zero-order chi connectivity index (χ0) is 14.6. The molecule has 0 saturated heterocycles. The van der Waals surface area contributed by atoms with E-state index in [1.165, 1.54) is 13.2 Å². The number of nitrogens with zero attached hydrogens (tertiary/aromatic N) is 1. The molecule has 0 aliphatic carbocycles. The molecule has 0 fully saturated rings. The number of carbonyl (C=O) groups is 1. The first-order chi connectivity index (χ1) is 8.76. The maximum absolute atomic E-state index is 13.2. The van der Waals surface area contributed by atoms with Gasteiger partial charge in [-0.05, 0) is 45.0 Å². The standard InChI is InChI=1S/C15H22FNO2/c1-11-8-12(6-7-13(11)16)9-17(4)10-15(2,3)14(18)19-5/h6-8H,9-10H2,1-5H3. The number of rotatable bonds is 5. The van der Waals surface area contributed by atoms with Crippen LogP contribution in [0.1, 0.15) is 25.0 Å². The number of benzene rings is 1. The van der Waals surface area contributed by atoms with Gasteiger partial charge in [0.2, 0.25) is 0 Å². The molecule has 19 heavy (non-hydrogen) atoms. The van der Waals surface area contributed by atoms with Crippen molar-refractivity contribution in [3.8, 4) is 0 Å². The largest absolute Gasteiger partial charge is 0.469 e. The molecule has 0 N–H and O–H groups in total. The molecule has 0 radical (unpaired) electrons. The van der Waals surface area contributed by atoms with Crippen LogP contribution in [0.15, 0.2) is 18.2 Å². The molecule has 0 bridgehead atoms. The monoisotopic (exact) mass is 267 g/mol. The van der Waals surface area contributed by atoms with Gasteiger partial charge in [-0.2, -0.15) is 0 Å². The first-order valence-corrected chi connectivity index (χ1v) is 6.28. The number of carbonyl (C=O) groups excluding carboxylic acids is 1. The van der Waals surface area contributed by atoms with Crippen molar-refractivity contribution in [2.75, 3.05) is 20.7 Å². The lowest BCUT2D eigenvalue weighted by Crippen LogP contribution is -2.37. The Labute approximate surface area is 114 Å². The fourth-order valence-electron chi connectivity index (χ4n) is 2.19. The van der Waals surface area contributed by atoms with Crippen LogP contribution >= 0.6 is 0 Å². The van der Waals surface area contributed by atoms with E-state index in [4.69, 9.17) is 4.74 Å². The predicted molar refractivity (Wildman–Crippen MR) is 73.3 cm³/mol. The average Bonchev–Trinajstić information content (AvgIpc) is 2.32. The second-order valence-electron chi connectivity index (χ2n) is 5.63. The smallest absolute Gasteiger partial charge is 0.312 e. The number of halogens is 1. The molecule has 4 heteroatoms. The molecule has 1 rings (SSSR count). The van der Waals surface area contributed by atoms with Crippen LogP contribution in [0.25, 0.3) is 0 Å². The summed E-state index contributed by atoms with van der Waals surface area (Å²) in [5.74, 6) is -0.420. The van der Waals surface area contributed by atoms with Gasteiger partial charge < -0.3 is 9.64 Å². The Morgan fingerprint density at radius 2 is 2.05 bits per heavy atom. The molecule has 106 valence electrons. The van der Waals surface area contributed by atoms with Gasteiger partial charge in [-0.1, -0.05) is 12.1 Å². The molecule has 3 nitrogen and oxygen atoms in total. The average molecular weight is 267 g/mol. The van der Waals surface area contributed by atoms with Gasteiger partial charge in [-0.3, -0.25) is 4.79 Å². The lowest BCUT2D eigenvalue weighted by Gasteiger charge is -2.27. The molecule has 0 aromatic heterocycles. The van der Waals surface area contributed by atoms with Gasteiger partial charge >= 0.3 is 5.97 Å². The molecule has 0 unspecified atom stereocenters. The Kier molecular flexibility index (Phi) is 5.06. The summed E-state index contributed by atoms with van der Waals surface area (Å²) in [7, 11) is 3.33. The number of aryl methyl sites for hydroxylation is 1. The van der Waals surface area contributed by atoms with Crippen LogP contribution in [0.5, 0.6) is 0 Å². The van der Waals surface area contributed by atoms with Gasteiger partial charge in [0.25, 0.3) is 0 Å². The van der Waals surface area contributed by atoms with Crippen molar-refractivity contribution in [3.05, 3.63) is 35.1 Å². The van der Waals surface area contributed by atoms with Crippen LogP contribution in [0.3, 0.4) is 0 Å². The summed E-state index contributed by atoms with van der Waals surface area (Å²) in [5.41, 5.74) is 1.11. The quantitative estimate of drug-likeness (QED) is 0.768. The van der Waals surface area contributed by atoms with Gasteiger partial charge in [0.1, 0.15) is 5.82 Å². The van der Waals surface area contributed by atoms with E-state index < -0.39 is 5.41 Å². The topological polar surface area (TPSA) is 29.5 Å². The number of methoxy groups -OCH3 is 1. The van der Waals surface area contributed by atoms with Crippen molar-refractivity contribution in [1.82, 2.24) is 4.90 Å². The minimum atomic E-state index is -0.557. The normalized spacial score (nSPS) is 11.7. The Balaban J connectivity index is 2.67. The third kappa shape index (κ3) is 4.31. The highest BCUT2D eigenvalue weighted by molar-refractivity contribution is 5.76. The van der Waals surface area contributed by atoms with Crippen LogP contribution in [0.2, 0.25) is 0 Å². The van der Waals surface area contributed by atoms with E-state index in [1.807, 2.05) is 31.9 Å². The zero-order valence-electron chi connectivity index (χ0n) is 12.3. The minimum Gasteiger partial charge on any atom is -0.469 e. The van der Waals surface area contributed by atoms with Crippen molar-refractivity contribution >= 4 is 5.97 Å². The highest BCUT2D eigenvalue weighted by Crippen LogP contribution is 2.20. The summed E-state index contributed by atoms with van der Waals surface area (Å²) in [4.78, 5) is 13.7. The van der Waals surface area contributed by atoms with Gasteiger partial charge in [-0.25, -0.2) is 4.39 Å². The fraction of sp³-hybridized carbons (Fsp3) is 0.533. The molecule has 0 saturated carbocycles. The third-order valence-corrected chi connectivity index (χ3v) is 3.08. The molecule has 0 aliphatic heterocycles. The van der Waals surface area contributed by atoms with Crippen molar-refractivity contribution < 1.29 is 13.9 Å². The molecular weight excluding hydrogens is 245 g/mol. The third-order valence-electron chi connectivity index (χ3n) is 3.08. The summed E-state index contributed by atoms with van der Waals surface area (Å²) < 4.78 is 18.0. The maximum atomic E-state index is 13.2. The van der Waals surface area contributed by atoms with Crippen molar-refractivity contribution in [1.29, 1.82) is 0 Å². The summed E-state index contributed by atoms with van der Waals surface area (Å²) in [6.07, 6.45) is 0. The van der Waals surface area contributed by atoms with Crippen LogP contribution in [0, 0.1) is 18.2 Å². The van der Waals surface area contributed by atoms with Gasteiger partial charge in [0.05, 0.1) is 12.5 Å². The lowest BCUT2D eigenvalue weighted by molar-refractivity contribution is -0.151. The van der Waals surface area contributed by atoms with Gasteiger partial charge in [0.15, 0.2) is 0 Å². The van der Waals surface area contributed by atoms with E-state index in [9.17, 15) is 9.18 Å². The maximum Gasteiger partial charge on any atom is 0.312 e. The summed E-state index contributed by atoms with van der Waals surface area (Å²) in [6.45, 7) is 6.70. The van der Waals surface area contributed by atoms with Crippen LogP contribution < -0.4 is 0 Å². The highest BCUT2D eigenvalue weighted by atomic mass is 19.1. The Morgan fingerprint density at radius 3 is 2.58 bits per heavy atom. The second kappa shape index (κ2) is 6.15. The highest BCUT2D eigenvalue weighted by Gasteiger charge is 2.30. The molecule has 0 aliphatic rings. The molecule has 0 spiro atoms. The van der Waals surface area contributed by atoms with Gasteiger partial charge in [0, 0.05) is 13.1 Å². The van der Waals surface area contributed by atoms with E-state index in [-0.39, 0.29) is 11.8 Å². The SMILES string of the molecule is COC(=O)C(C)(C)CN(C)Cc1ccc(F)c(C)c1. The van der Waals surface area contributed by atoms with Crippen LogP contribution in [-0.2, 0) is 16.1 Å². The molecule has 0 amide bonds. The molecule has 1 aromatic carbocycles.